The molecule has 0 amide bonds. The lowest BCUT2D eigenvalue weighted by Crippen LogP contribution is -1.94. The Balaban J connectivity index is 1.00. The summed E-state index contributed by atoms with van der Waals surface area (Å²) in [6.07, 6.45) is 0. The van der Waals surface area contributed by atoms with E-state index in [0.717, 1.165) is 27.6 Å². The van der Waals surface area contributed by atoms with Crippen LogP contribution in [0.15, 0.2) is 199 Å². The second-order valence-corrected chi connectivity index (χ2v) is 14.5. The lowest BCUT2D eigenvalue weighted by molar-refractivity contribution is 0.669. The van der Waals surface area contributed by atoms with Crippen LogP contribution in [0.3, 0.4) is 0 Å². The van der Waals surface area contributed by atoms with Gasteiger partial charge in [0, 0.05) is 43.7 Å². The normalized spacial score (nSPS) is 12.0. The Bertz CT molecular complexity index is 3490. The Hall–Kier alpha value is -7.36. The topological polar surface area (TPSA) is 23.0 Å². The molecule has 12 rings (SSSR count). The fourth-order valence-corrected chi connectivity index (χ4v) is 8.99. The van der Waals surface area contributed by atoms with Crippen molar-refractivity contribution in [2.75, 3.05) is 0 Å². The van der Waals surface area contributed by atoms with E-state index in [1.54, 1.807) is 0 Å². The molecule has 0 aliphatic heterocycles. The van der Waals surface area contributed by atoms with Crippen LogP contribution in [0.25, 0.3) is 110 Å². The van der Waals surface area contributed by atoms with Crippen LogP contribution in [-0.4, -0.2) is 9.13 Å². The van der Waals surface area contributed by atoms with Crippen molar-refractivity contribution in [1.82, 2.24) is 9.13 Å². The van der Waals surface area contributed by atoms with Gasteiger partial charge in [0.2, 0.25) is 0 Å². The van der Waals surface area contributed by atoms with E-state index in [1.165, 1.54) is 82.3 Å². The van der Waals surface area contributed by atoms with Crippen molar-refractivity contribution in [2.45, 2.75) is 0 Å². The molecule has 0 fully saturated rings. The molecule has 12 aromatic rings. The molecule has 0 N–H and O–H groups in total. The van der Waals surface area contributed by atoms with Crippen LogP contribution in [0.2, 0.25) is 0 Å². The molecule has 0 aliphatic rings. The van der Waals surface area contributed by atoms with E-state index in [4.69, 9.17) is 4.42 Å². The van der Waals surface area contributed by atoms with Crippen LogP contribution >= 0.6 is 0 Å². The van der Waals surface area contributed by atoms with Crippen molar-refractivity contribution in [3.63, 3.8) is 0 Å². The highest BCUT2D eigenvalue weighted by Crippen LogP contribution is 2.40. The van der Waals surface area contributed by atoms with Crippen LogP contribution in [0.4, 0.5) is 0 Å². The van der Waals surface area contributed by atoms with E-state index < -0.39 is 0 Å². The minimum absolute atomic E-state index is 0.915. The van der Waals surface area contributed by atoms with Gasteiger partial charge in [0.25, 0.3) is 0 Å². The van der Waals surface area contributed by atoms with E-state index in [9.17, 15) is 0 Å². The van der Waals surface area contributed by atoms with Crippen molar-refractivity contribution in [2.24, 2.45) is 0 Å². The largest absolute Gasteiger partial charge is 0.456 e. The Labute approximate surface area is 316 Å². The average molecular weight is 701 g/mol. The van der Waals surface area contributed by atoms with Gasteiger partial charge in [-0.1, -0.05) is 121 Å². The second kappa shape index (κ2) is 11.6. The fourth-order valence-electron chi connectivity index (χ4n) is 8.99. The predicted octanol–water partition coefficient (Wildman–Crippen LogP) is 14.3. The van der Waals surface area contributed by atoms with Gasteiger partial charge in [0.15, 0.2) is 0 Å². The van der Waals surface area contributed by atoms with Crippen LogP contribution in [0, 0.1) is 0 Å². The number of rotatable bonds is 4. The number of nitrogens with zero attached hydrogens (tertiary/aromatic N) is 2. The van der Waals surface area contributed by atoms with Crippen LogP contribution in [0.1, 0.15) is 0 Å². The molecule has 55 heavy (non-hydrogen) atoms. The molecule has 3 heteroatoms. The molecule has 0 radical (unpaired) electrons. The first-order valence-corrected chi connectivity index (χ1v) is 18.8. The second-order valence-electron chi connectivity index (χ2n) is 14.5. The first-order chi connectivity index (χ1) is 27.3. The zero-order valence-electron chi connectivity index (χ0n) is 29.8. The summed E-state index contributed by atoms with van der Waals surface area (Å²) < 4.78 is 11.0. The third kappa shape index (κ3) is 4.50. The van der Waals surface area contributed by atoms with Gasteiger partial charge in [0.1, 0.15) is 11.2 Å². The Morgan fingerprint density at radius 3 is 1.76 bits per heavy atom. The van der Waals surface area contributed by atoms with Crippen molar-refractivity contribution >= 4 is 76.3 Å². The zero-order valence-corrected chi connectivity index (χ0v) is 29.8. The first-order valence-electron chi connectivity index (χ1n) is 18.8. The third-order valence-electron chi connectivity index (χ3n) is 11.5. The van der Waals surface area contributed by atoms with E-state index in [0.29, 0.717) is 0 Å². The smallest absolute Gasteiger partial charge is 0.136 e. The summed E-state index contributed by atoms with van der Waals surface area (Å²) in [6, 6.07) is 70.4. The van der Waals surface area contributed by atoms with Gasteiger partial charge in [-0.3, -0.25) is 0 Å². The summed E-state index contributed by atoms with van der Waals surface area (Å²) in [4.78, 5) is 0. The van der Waals surface area contributed by atoms with Gasteiger partial charge in [-0.2, -0.15) is 0 Å². The minimum atomic E-state index is 0.915. The maximum absolute atomic E-state index is 6.22. The van der Waals surface area contributed by atoms with Gasteiger partial charge in [0.05, 0.1) is 22.1 Å². The molecule has 9 aromatic carbocycles. The van der Waals surface area contributed by atoms with E-state index in [1.807, 2.05) is 12.1 Å². The lowest BCUT2D eigenvalue weighted by Gasteiger charge is -2.12. The van der Waals surface area contributed by atoms with Gasteiger partial charge >= 0.3 is 0 Å². The fraction of sp³-hybridized carbons (Fsp3) is 0. The number of hydrogen-bond donors (Lipinski definition) is 0. The standard InChI is InChI=1S/C52H32N2O/c1-2-11-38(12-3-1)53-47-18-8-5-14-42(47)45-31-35(25-28-48(45)53)36-24-27-43-41-13-4-7-17-46(41)54(49(43)32-36)39-26-23-33-29-37(22-21-34(33)30-39)40-16-10-20-51-52(40)44-15-6-9-19-50(44)55-51/h1-32H. The molecule has 256 valence electrons. The number of para-hydroxylation sites is 4. The molecule has 0 saturated heterocycles. The van der Waals surface area contributed by atoms with Crippen LogP contribution in [-0.2, 0) is 0 Å². The highest BCUT2D eigenvalue weighted by atomic mass is 16.3. The van der Waals surface area contributed by atoms with Gasteiger partial charge in [-0.05, 0) is 106 Å². The third-order valence-corrected chi connectivity index (χ3v) is 11.5. The van der Waals surface area contributed by atoms with E-state index in [-0.39, 0.29) is 0 Å². The quantitative estimate of drug-likeness (QED) is 0.179. The molecule has 0 saturated carbocycles. The molecule has 3 nitrogen and oxygen atoms in total. The molecule has 0 aliphatic carbocycles. The minimum Gasteiger partial charge on any atom is -0.456 e. The average Bonchev–Trinajstić information content (AvgIpc) is 3.91. The van der Waals surface area contributed by atoms with Gasteiger partial charge in [-0.15, -0.1) is 0 Å². The summed E-state index contributed by atoms with van der Waals surface area (Å²) in [5, 5.41) is 9.72. The molecular weight excluding hydrogens is 669 g/mol. The van der Waals surface area contributed by atoms with E-state index >= 15 is 0 Å². The number of hydrogen-bond acceptors (Lipinski definition) is 1. The molecule has 0 atom stereocenters. The Morgan fingerprint density at radius 2 is 0.909 bits per heavy atom. The van der Waals surface area contributed by atoms with Crippen molar-refractivity contribution in [3.8, 4) is 33.6 Å². The molecule has 3 aromatic heterocycles. The van der Waals surface area contributed by atoms with Crippen molar-refractivity contribution in [1.29, 1.82) is 0 Å². The van der Waals surface area contributed by atoms with E-state index in [2.05, 4.69) is 191 Å². The molecular formula is C52H32N2O. The number of benzene rings is 9. The lowest BCUT2D eigenvalue weighted by atomic mass is 9.97. The highest BCUT2D eigenvalue weighted by molar-refractivity contribution is 6.14. The molecule has 0 spiro atoms. The number of fused-ring (bicyclic) bond motifs is 10. The van der Waals surface area contributed by atoms with Crippen molar-refractivity contribution < 1.29 is 4.42 Å². The molecule has 3 heterocycles. The highest BCUT2D eigenvalue weighted by Gasteiger charge is 2.17. The molecule has 0 bridgehead atoms. The van der Waals surface area contributed by atoms with Gasteiger partial charge < -0.3 is 13.6 Å². The maximum Gasteiger partial charge on any atom is 0.136 e. The van der Waals surface area contributed by atoms with Crippen LogP contribution < -0.4 is 0 Å². The van der Waals surface area contributed by atoms with Crippen LogP contribution in [0.5, 0.6) is 0 Å². The monoisotopic (exact) mass is 700 g/mol. The summed E-state index contributed by atoms with van der Waals surface area (Å²) in [5.74, 6) is 0. The summed E-state index contributed by atoms with van der Waals surface area (Å²) in [7, 11) is 0. The first kappa shape index (κ1) is 30.1. The SMILES string of the molecule is c1ccc(-n2c3ccccc3c3cc(-c4ccc5c6ccccc6n(-c6ccc7cc(-c8cccc9oc%10ccccc%10c89)ccc7c6)c5c4)ccc32)cc1. The Morgan fingerprint density at radius 1 is 0.309 bits per heavy atom. The maximum atomic E-state index is 6.22. The summed E-state index contributed by atoms with van der Waals surface area (Å²) in [6.45, 7) is 0. The summed E-state index contributed by atoms with van der Waals surface area (Å²) in [5.41, 5.74) is 13.7. The van der Waals surface area contributed by atoms with Gasteiger partial charge in [-0.25, -0.2) is 0 Å². The summed E-state index contributed by atoms with van der Waals surface area (Å²) >= 11 is 0. The number of furan rings is 1. The molecule has 0 unspecified atom stereocenters. The predicted molar refractivity (Wildman–Crippen MR) is 231 cm³/mol. The Kier molecular flexibility index (Phi) is 6.34. The number of aromatic nitrogens is 2. The zero-order chi connectivity index (χ0) is 36.0. The van der Waals surface area contributed by atoms with Crippen molar-refractivity contribution in [3.05, 3.63) is 194 Å².